The second-order valence-corrected chi connectivity index (χ2v) is 3.98. The molecule has 0 fully saturated rings. The van der Waals surface area contributed by atoms with Crippen LogP contribution in [0.15, 0.2) is 30.3 Å². The van der Waals surface area contributed by atoms with Gasteiger partial charge in [0.25, 0.3) is 0 Å². The zero-order valence-corrected chi connectivity index (χ0v) is 9.39. The number of nitrogens with two attached hydrogens (primary N) is 1. The predicted molar refractivity (Wildman–Crippen MR) is 63.9 cm³/mol. The van der Waals surface area contributed by atoms with E-state index in [1.54, 1.807) is 0 Å². The van der Waals surface area contributed by atoms with Crippen molar-refractivity contribution >= 4 is 0 Å². The number of ether oxygens (including phenoxy) is 1. The summed E-state index contributed by atoms with van der Waals surface area (Å²) < 4.78 is 5.39. The maximum Gasteiger partial charge on any atom is 0.159 e. The highest BCUT2D eigenvalue weighted by molar-refractivity contribution is 5.55. The molecule has 1 aliphatic heterocycles. The molecule has 17 heavy (non-hydrogen) atoms. The molecule has 0 bridgehead atoms. The average molecular weight is 227 g/mol. The van der Waals surface area contributed by atoms with Crippen molar-refractivity contribution in [2.24, 2.45) is 5.73 Å². The van der Waals surface area contributed by atoms with Gasteiger partial charge < -0.3 is 10.5 Å². The highest BCUT2D eigenvalue weighted by Crippen LogP contribution is 2.24. The van der Waals surface area contributed by atoms with Crippen molar-refractivity contribution in [1.82, 2.24) is 9.97 Å². The Morgan fingerprint density at radius 2 is 1.94 bits per heavy atom. The lowest BCUT2D eigenvalue weighted by Gasteiger charge is -2.07. The highest BCUT2D eigenvalue weighted by atomic mass is 16.5. The van der Waals surface area contributed by atoms with E-state index in [1.165, 1.54) is 0 Å². The Bertz CT molecular complexity index is 540. The van der Waals surface area contributed by atoms with Gasteiger partial charge in [0.05, 0.1) is 24.6 Å². The second kappa shape index (κ2) is 4.24. The van der Waals surface area contributed by atoms with E-state index >= 15 is 0 Å². The molecule has 2 N–H and O–H groups in total. The lowest BCUT2D eigenvalue weighted by Crippen LogP contribution is -2.07. The fourth-order valence-electron chi connectivity index (χ4n) is 2.00. The number of rotatable bonds is 2. The lowest BCUT2D eigenvalue weighted by atomic mass is 10.1. The summed E-state index contributed by atoms with van der Waals surface area (Å²) in [6.07, 6.45) is 0. The first-order valence-electron chi connectivity index (χ1n) is 5.60. The van der Waals surface area contributed by atoms with E-state index in [4.69, 9.17) is 10.5 Å². The Morgan fingerprint density at radius 3 is 2.71 bits per heavy atom. The molecule has 1 aromatic carbocycles. The van der Waals surface area contributed by atoms with Crippen LogP contribution in [0.1, 0.15) is 17.0 Å². The Kier molecular flexibility index (Phi) is 2.59. The number of hydrogen-bond acceptors (Lipinski definition) is 4. The normalized spacial score (nSPS) is 13.7. The molecule has 2 aromatic rings. The second-order valence-electron chi connectivity index (χ2n) is 3.98. The summed E-state index contributed by atoms with van der Waals surface area (Å²) in [4.78, 5) is 9.06. The Morgan fingerprint density at radius 1 is 1.12 bits per heavy atom. The predicted octanol–water partition coefficient (Wildman–Crippen LogP) is 1.63. The quantitative estimate of drug-likeness (QED) is 0.847. The van der Waals surface area contributed by atoms with E-state index in [1.807, 2.05) is 30.3 Å². The van der Waals surface area contributed by atoms with Gasteiger partial charge in [-0.25, -0.2) is 9.97 Å². The average Bonchev–Trinajstić information content (AvgIpc) is 2.86. The van der Waals surface area contributed by atoms with E-state index in [9.17, 15) is 0 Å². The van der Waals surface area contributed by atoms with Crippen LogP contribution in [0.4, 0.5) is 0 Å². The third kappa shape index (κ3) is 1.81. The van der Waals surface area contributed by atoms with Crippen LogP contribution >= 0.6 is 0 Å². The van der Waals surface area contributed by atoms with Gasteiger partial charge in [0.15, 0.2) is 5.82 Å². The van der Waals surface area contributed by atoms with Gasteiger partial charge in [-0.1, -0.05) is 30.3 Å². The van der Waals surface area contributed by atoms with Gasteiger partial charge in [-0.05, 0) is 0 Å². The molecule has 0 atom stereocenters. The molecule has 86 valence electrons. The van der Waals surface area contributed by atoms with Crippen LogP contribution in [-0.4, -0.2) is 9.97 Å². The molecule has 0 spiro atoms. The van der Waals surface area contributed by atoms with Gasteiger partial charge in [0.2, 0.25) is 0 Å². The molecular weight excluding hydrogens is 214 g/mol. The number of hydrogen-bond donors (Lipinski definition) is 1. The van der Waals surface area contributed by atoms with Gasteiger partial charge in [0, 0.05) is 17.7 Å². The first kappa shape index (κ1) is 10.4. The molecule has 4 nitrogen and oxygen atoms in total. The van der Waals surface area contributed by atoms with Crippen LogP contribution in [0.25, 0.3) is 11.4 Å². The number of aromatic nitrogens is 2. The van der Waals surface area contributed by atoms with Crippen molar-refractivity contribution in [2.45, 2.75) is 19.8 Å². The van der Waals surface area contributed by atoms with Crippen LogP contribution in [0.3, 0.4) is 0 Å². The first-order chi connectivity index (χ1) is 8.38. The monoisotopic (exact) mass is 227 g/mol. The lowest BCUT2D eigenvalue weighted by molar-refractivity contribution is 0.133. The molecule has 0 aliphatic carbocycles. The summed E-state index contributed by atoms with van der Waals surface area (Å²) in [6.45, 7) is 1.57. The number of fused-ring (bicyclic) bond motifs is 1. The van der Waals surface area contributed by atoms with Gasteiger partial charge >= 0.3 is 0 Å². The van der Waals surface area contributed by atoms with E-state index in [0.29, 0.717) is 19.8 Å². The highest BCUT2D eigenvalue weighted by Gasteiger charge is 2.19. The summed E-state index contributed by atoms with van der Waals surface area (Å²) in [7, 11) is 0. The number of nitrogens with zero attached hydrogens (tertiary/aromatic N) is 2. The van der Waals surface area contributed by atoms with Crippen molar-refractivity contribution in [3.63, 3.8) is 0 Å². The van der Waals surface area contributed by atoms with Crippen LogP contribution in [0.2, 0.25) is 0 Å². The topological polar surface area (TPSA) is 61.0 Å². The third-order valence-corrected chi connectivity index (χ3v) is 2.89. The standard InChI is InChI=1S/C13H13N3O/c14-6-11-10-7-17-8-12(10)16-13(15-11)9-4-2-1-3-5-9/h1-5H,6-8,14H2. The zero-order valence-electron chi connectivity index (χ0n) is 9.39. The Hall–Kier alpha value is -1.78. The van der Waals surface area contributed by atoms with Crippen LogP contribution < -0.4 is 5.73 Å². The minimum Gasteiger partial charge on any atom is -0.370 e. The minimum absolute atomic E-state index is 0.425. The number of benzene rings is 1. The molecule has 0 saturated carbocycles. The maximum absolute atomic E-state index is 5.72. The molecular formula is C13H13N3O. The van der Waals surface area contributed by atoms with Gasteiger partial charge in [-0.15, -0.1) is 0 Å². The molecule has 1 aromatic heterocycles. The van der Waals surface area contributed by atoms with E-state index in [-0.39, 0.29) is 0 Å². The van der Waals surface area contributed by atoms with E-state index in [0.717, 1.165) is 28.3 Å². The maximum atomic E-state index is 5.72. The minimum atomic E-state index is 0.425. The Balaban J connectivity index is 2.13. The zero-order chi connectivity index (χ0) is 11.7. The Labute approximate surface area is 99.5 Å². The molecule has 2 heterocycles. The summed E-state index contributed by atoms with van der Waals surface area (Å²) in [5.74, 6) is 0.732. The van der Waals surface area contributed by atoms with Gasteiger partial charge in [-0.2, -0.15) is 0 Å². The van der Waals surface area contributed by atoms with Gasteiger partial charge in [0.1, 0.15) is 0 Å². The first-order valence-corrected chi connectivity index (χ1v) is 5.60. The summed E-state index contributed by atoms with van der Waals surface area (Å²) in [5.41, 5.74) is 9.66. The van der Waals surface area contributed by atoms with Crippen molar-refractivity contribution in [3.8, 4) is 11.4 Å². The smallest absolute Gasteiger partial charge is 0.159 e. The SMILES string of the molecule is NCc1nc(-c2ccccc2)nc2c1COC2. The molecule has 4 heteroatoms. The molecule has 3 rings (SSSR count). The van der Waals surface area contributed by atoms with Crippen molar-refractivity contribution in [3.05, 3.63) is 47.3 Å². The molecule has 0 saturated heterocycles. The fourth-order valence-corrected chi connectivity index (χ4v) is 2.00. The van der Waals surface area contributed by atoms with Crippen LogP contribution in [-0.2, 0) is 24.5 Å². The molecule has 0 unspecified atom stereocenters. The molecule has 0 radical (unpaired) electrons. The third-order valence-electron chi connectivity index (χ3n) is 2.89. The molecule has 0 amide bonds. The summed E-state index contributed by atoms with van der Waals surface area (Å²) >= 11 is 0. The van der Waals surface area contributed by atoms with E-state index < -0.39 is 0 Å². The molecule has 1 aliphatic rings. The van der Waals surface area contributed by atoms with Crippen molar-refractivity contribution < 1.29 is 4.74 Å². The fraction of sp³-hybridized carbons (Fsp3) is 0.231. The summed E-state index contributed by atoms with van der Waals surface area (Å²) in [6, 6.07) is 9.93. The van der Waals surface area contributed by atoms with Crippen molar-refractivity contribution in [1.29, 1.82) is 0 Å². The van der Waals surface area contributed by atoms with Crippen LogP contribution in [0.5, 0.6) is 0 Å². The summed E-state index contributed by atoms with van der Waals surface area (Å²) in [5, 5.41) is 0. The van der Waals surface area contributed by atoms with Crippen LogP contribution in [0, 0.1) is 0 Å². The van der Waals surface area contributed by atoms with E-state index in [2.05, 4.69) is 9.97 Å². The van der Waals surface area contributed by atoms with Crippen molar-refractivity contribution in [2.75, 3.05) is 0 Å². The largest absolute Gasteiger partial charge is 0.370 e. The van der Waals surface area contributed by atoms with Gasteiger partial charge in [-0.3, -0.25) is 0 Å².